The van der Waals surface area contributed by atoms with Gasteiger partial charge in [-0.25, -0.2) is 0 Å². The molecule has 0 N–H and O–H groups in total. The molecule has 29 heavy (non-hydrogen) atoms. The van der Waals surface area contributed by atoms with Crippen LogP contribution in [0, 0.1) is 0 Å². The molecule has 0 fully saturated rings. The quantitative estimate of drug-likeness (QED) is 0.472. The molecule has 1 nitrogen and oxygen atoms in total. The van der Waals surface area contributed by atoms with Crippen LogP contribution >= 0.6 is 0 Å². The van der Waals surface area contributed by atoms with Crippen molar-refractivity contribution in [2.75, 3.05) is 0 Å². The molecule has 0 spiro atoms. The number of carbonyl (C=O) groups is 1. The topological polar surface area (TPSA) is 17.1 Å². The molecule has 3 aromatic carbocycles. The summed E-state index contributed by atoms with van der Waals surface area (Å²) in [7, 11) is 0. The lowest BCUT2D eigenvalue weighted by atomic mass is 9.57. The van der Waals surface area contributed by atoms with Gasteiger partial charge < -0.3 is 0 Å². The molecular weight excluding hydrogens is 352 g/mol. The number of ketones is 1. The monoisotopic (exact) mass is 370 g/mol. The highest BCUT2D eigenvalue weighted by Gasteiger charge is 2.47. The molecule has 0 amide bonds. The van der Waals surface area contributed by atoms with Crippen molar-refractivity contribution in [3.05, 3.63) is 129 Å². The van der Waals surface area contributed by atoms with Crippen LogP contribution in [0.3, 0.4) is 0 Å². The minimum Gasteiger partial charge on any atom is -0.294 e. The Bertz CT molecular complexity index is 1300. The molecular formula is C28H18O. The third kappa shape index (κ3) is 1.79. The Morgan fingerprint density at radius 1 is 0.621 bits per heavy atom. The standard InChI is InChI=1S/C28H18O/c29-23-15-7-14-22-26-20-12-5-6-13-21(20)28(27(22)23)25-18-10-3-1-8-16(18)24(26)17-9-2-4-11-19(17)25/h1-14,25,28H,15H2. The van der Waals surface area contributed by atoms with Crippen molar-refractivity contribution >= 4 is 16.9 Å². The normalized spacial score (nSPS) is 22.7. The predicted molar refractivity (Wildman–Crippen MR) is 116 cm³/mol. The van der Waals surface area contributed by atoms with Gasteiger partial charge in [0.25, 0.3) is 0 Å². The average Bonchev–Trinajstić information content (AvgIpc) is 2.75. The van der Waals surface area contributed by atoms with E-state index in [0.717, 1.165) is 11.1 Å². The highest BCUT2D eigenvalue weighted by Crippen LogP contribution is 2.61. The van der Waals surface area contributed by atoms with Gasteiger partial charge in [-0.15, -0.1) is 0 Å². The Kier molecular flexibility index (Phi) is 2.84. The molecule has 136 valence electrons. The molecule has 1 unspecified atom stereocenters. The van der Waals surface area contributed by atoms with E-state index in [2.05, 4.69) is 78.9 Å². The van der Waals surface area contributed by atoms with Crippen molar-refractivity contribution in [3.63, 3.8) is 0 Å². The summed E-state index contributed by atoms with van der Waals surface area (Å²) in [5.41, 5.74) is 12.6. The average molecular weight is 370 g/mol. The maximum Gasteiger partial charge on any atom is 0.163 e. The zero-order chi connectivity index (χ0) is 19.1. The van der Waals surface area contributed by atoms with E-state index in [1.165, 1.54) is 44.5 Å². The van der Waals surface area contributed by atoms with Gasteiger partial charge in [0.15, 0.2) is 5.78 Å². The number of hydrogen-bond acceptors (Lipinski definition) is 1. The maximum atomic E-state index is 13.3. The van der Waals surface area contributed by atoms with Crippen molar-refractivity contribution < 1.29 is 4.79 Å². The smallest absolute Gasteiger partial charge is 0.163 e. The third-order valence-electron chi connectivity index (χ3n) is 7.04. The summed E-state index contributed by atoms with van der Waals surface area (Å²) in [6.45, 7) is 0. The van der Waals surface area contributed by atoms with Crippen LogP contribution in [-0.4, -0.2) is 5.78 Å². The molecule has 0 aromatic heterocycles. The van der Waals surface area contributed by atoms with Crippen molar-refractivity contribution in [1.29, 1.82) is 0 Å². The summed E-state index contributed by atoms with van der Waals surface area (Å²) < 4.78 is 0. The van der Waals surface area contributed by atoms with Crippen LogP contribution in [0.25, 0.3) is 11.1 Å². The summed E-state index contributed by atoms with van der Waals surface area (Å²) in [5, 5.41) is 0. The van der Waals surface area contributed by atoms with Gasteiger partial charge in [0.05, 0.1) is 0 Å². The van der Waals surface area contributed by atoms with Gasteiger partial charge in [0.1, 0.15) is 0 Å². The Labute approximate surface area is 169 Å². The van der Waals surface area contributed by atoms with Crippen LogP contribution in [0.5, 0.6) is 0 Å². The second kappa shape index (κ2) is 5.33. The number of hydrogen-bond donors (Lipinski definition) is 0. The molecule has 0 radical (unpaired) electrons. The summed E-state index contributed by atoms with van der Waals surface area (Å²) in [6.07, 6.45) is 4.75. The lowest BCUT2D eigenvalue weighted by molar-refractivity contribution is -0.115. The van der Waals surface area contributed by atoms with Gasteiger partial charge in [-0.3, -0.25) is 4.79 Å². The number of Topliss-reactive ketones (excluding diaryl/α,β-unsaturated/α-hetero) is 1. The molecule has 1 atom stereocenters. The van der Waals surface area contributed by atoms with Crippen LogP contribution < -0.4 is 0 Å². The van der Waals surface area contributed by atoms with Crippen LogP contribution in [0.1, 0.15) is 51.6 Å². The van der Waals surface area contributed by atoms with E-state index in [4.69, 9.17) is 0 Å². The first-order valence-corrected chi connectivity index (χ1v) is 10.3. The first-order valence-electron chi connectivity index (χ1n) is 10.3. The zero-order valence-corrected chi connectivity index (χ0v) is 15.9. The SMILES string of the molecule is O=C1CC=CC2=C1C1c3ccccc3C2=C2c3ccccc3C1c1ccccc12. The molecule has 1 heteroatoms. The largest absolute Gasteiger partial charge is 0.294 e. The van der Waals surface area contributed by atoms with E-state index in [-0.39, 0.29) is 17.6 Å². The van der Waals surface area contributed by atoms with E-state index in [0.29, 0.717) is 6.42 Å². The number of allylic oxidation sites excluding steroid dienone is 5. The zero-order valence-electron chi connectivity index (χ0n) is 15.9. The molecule has 0 aliphatic heterocycles. The first kappa shape index (κ1) is 15.5. The minimum atomic E-state index is 0.0616. The Hall–Kier alpha value is -3.45. The Morgan fingerprint density at radius 2 is 1.14 bits per heavy atom. The fraction of sp³-hybridized carbons (Fsp3) is 0.107. The van der Waals surface area contributed by atoms with Crippen LogP contribution in [0.15, 0.2) is 96.1 Å². The lowest BCUT2D eigenvalue weighted by Gasteiger charge is -2.45. The first-order chi connectivity index (χ1) is 14.3. The lowest BCUT2D eigenvalue weighted by Crippen LogP contribution is -2.32. The van der Waals surface area contributed by atoms with Gasteiger partial charge in [-0.1, -0.05) is 84.9 Å². The van der Waals surface area contributed by atoms with Crippen LogP contribution in [-0.2, 0) is 4.79 Å². The van der Waals surface area contributed by atoms with Gasteiger partial charge in [-0.2, -0.15) is 0 Å². The van der Waals surface area contributed by atoms with Gasteiger partial charge >= 0.3 is 0 Å². The van der Waals surface area contributed by atoms with Gasteiger partial charge in [0, 0.05) is 23.8 Å². The Morgan fingerprint density at radius 3 is 1.76 bits per heavy atom. The molecule has 0 heterocycles. The van der Waals surface area contributed by atoms with E-state index < -0.39 is 0 Å². The summed E-state index contributed by atoms with van der Waals surface area (Å²) in [6, 6.07) is 26.4. The van der Waals surface area contributed by atoms with Crippen molar-refractivity contribution in [2.24, 2.45) is 0 Å². The second-order valence-electron chi connectivity index (χ2n) is 8.32. The molecule has 10 rings (SSSR count). The molecule has 0 saturated heterocycles. The van der Waals surface area contributed by atoms with Gasteiger partial charge in [0.2, 0.25) is 0 Å². The van der Waals surface area contributed by atoms with E-state index >= 15 is 0 Å². The van der Waals surface area contributed by atoms with Crippen molar-refractivity contribution in [1.82, 2.24) is 0 Å². The van der Waals surface area contributed by atoms with Crippen LogP contribution in [0.2, 0.25) is 0 Å². The summed E-state index contributed by atoms with van der Waals surface area (Å²) in [5.74, 6) is 0.503. The molecule has 7 aliphatic carbocycles. The van der Waals surface area contributed by atoms with E-state index in [9.17, 15) is 4.79 Å². The Balaban J connectivity index is 1.77. The van der Waals surface area contributed by atoms with Gasteiger partial charge in [-0.05, 0) is 50.1 Å². The second-order valence-corrected chi connectivity index (χ2v) is 8.32. The van der Waals surface area contributed by atoms with Crippen molar-refractivity contribution in [3.8, 4) is 0 Å². The number of rotatable bonds is 0. The fourth-order valence-corrected chi connectivity index (χ4v) is 6.04. The molecule has 7 aliphatic rings. The van der Waals surface area contributed by atoms with E-state index in [1.54, 1.807) is 0 Å². The molecule has 4 bridgehead atoms. The predicted octanol–water partition coefficient (Wildman–Crippen LogP) is 6.03. The number of carbonyl (C=O) groups excluding carboxylic acids is 1. The van der Waals surface area contributed by atoms with Crippen molar-refractivity contribution in [2.45, 2.75) is 18.3 Å². The maximum absolute atomic E-state index is 13.3. The third-order valence-corrected chi connectivity index (χ3v) is 7.04. The van der Waals surface area contributed by atoms with Crippen LogP contribution in [0.4, 0.5) is 0 Å². The molecule has 3 aromatic rings. The summed E-state index contributed by atoms with van der Waals surface area (Å²) >= 11 is 0. The molecule has 0 saturated carbocycles. The number of benzene rings is 3. The summed E-state index contributed by atoms with van der Waals surface area (Å²) in [4.78, 5) is 13.3. The highest BCUT2D eigenvalue weighted by molar-refractivity contribution is 6.16. The minimum absolute atomic E-state index is 0.0616. The van der Waals surface area contributed by atoms with E-state index in [1.807, 2.05) is 6.08 Å². The highest BCUT2D eigenvalue weighted by atomic mass is 16.1. The fourth-order valence-electron chi connectivity index (χ4n) is 6.04.